The second-order valence-electron chi connectivity index (χ2n) is 4.30. The summed E-state index contributed by atoms with van der Waals surface area (Å²) in [6, 6.07) is 4.94. The molecule has 0 aromatic heterocycles. The van der Waals surface area contributed by atoms with Crippen molar-refractivity contribution in [3.05, 3.63) is 29.6 Å². The van der Waals surface area contributed by atoms with E-state index in [-0.39, 0.29) is 11.2 Å². The Morgan fingerprint density at radius 1 is 1.47 bits per heavy atom. The zero-order valence-electron chi connectivity index (χ0n) is 8.92. The Morgan fingerprint density at radius 3 is 2.73 bits per heavy atom. The van der Waals surface area contributed by atoms with E-state index in [9.17, 15) is 4.39 Å². The molecular weight excluding hydrogens is 193 g/mol. The van der Waals surface area contributed by atoms with Crippen LogP contribution in [0.2, 0.25) is 0 Å². The molecule has 0 atom stereocenters. The van der Waals surface area contributed by atoms with Crippen molar-refractivity contribution >= 4 is 0 Å². The largest absolute Gasteiger partial charge is 0.496 e. The molecule has 2 nitrogen and oxygen atoms in total. The number of ether oxygens (including phenoxy) is 1. The molecule has 0 bridgehead atoms. The summed E-state index contributed by atoms with van der Waals surface area (Å²) in [6.45, 7) is 0.629. The summed E-state index contributed by atoms with van der Waals surface area (Å²) < 4.78 is 18.8. The molecule has 1 saturated carbocycles. The van der Waals surface area contributed by atoms with Gasteiger partial charge in [0.15, 0.2) is 0 Å². The van der Waals surface area contributed by atoms with E-state index >= 15 is 0 Å². The zero-order valence-corrected chi connectivity index (χ0v) is 8.92. The van der Waals surface area contributed by atoms with Crippen LogP contribution in [0.3, 0.4) is 0 Å². The van der Waals surface area contributed by atoms with E-state index in [1.807, 2.05) is 0 Å². The molecule has 0 unspecified atom stereocenters. The van der Waals surface area contributed by atoms with Gasteiger partial charge in [-0.2, -0.15) is 0 Å². The summed E-state index contributed by atoms with van der Waals surface area (Å²) in [7, 11) is 1.57. The first-order valence-electron chi connectivity index (χ1n) is 5.22. The maximum Gasteiger partial charge on any atom is 0.130 e. The molecule has 0 aliphatic heterocycles. The van der Waals surface area contributed by atoms with Crippen LogP contribution in [0.25, 0.3) is 0 Å². The number of hydrogen-bond donors (Lipinski definition) is 1. The first-order chi connectivity index (χ1) is 7.21. The lowest BCUT2D eigenvalue weighted by molar-refractivity contribution is 0.394. The lowest BCUT2D eigenvalue weighted by atomic mass is 9.95. The minimum atomic E-state index is -0.186. The fourth-order valence-electron chi connectivity index (χ4n) is 1.91. The molecule has 1 aromatic rings. The summed E-state index contributed by atoms with van der Waals surface area (Å²) in [5, 5.41) is 0. The molecule has 1 aliphatic carbocycles. The third-order valence-electron chi connectivity index (χ3n) is 3.24. The van der Waals surface area contributed by atoms with Gasteiger partial charge in [-0.25, -0.2) is 4.39 Å². The maximum atomic E-state index is 13.6. The molecule has 0 amide bonds. The third kappa shape index (κ3) is 1.97. The van der Waals surface area contributed by atoms with Gasteiger partial charge in [0, 0.05) is 5.56 Å². The Hall–Kier alpha value is -1.09. The normalized spacial score (nSPS) is 17.5. The molecule has 0 heterocycles. The smallest absolute Gasteiger partial charge is 0.130 e. The van der Waals surface area contributed by atoms with Gasteiger partial charge in [-0.3, -0.25) is 0 Å². The van der Waals surface area contributed by atoms with E-state index in [0.29, 0.717) is 24.3 Å². The monoisotopic (exact) mass is 209 g/mol. The van der Waals surface area contributed by atoms with Crippen LogP contribution >= 0.6 is 0 Å². The Balaban J connectivity index is 2.26. The minimum Gasteiger partial charge on any atom is -0.496 e. The molecule has 15 heavy (non-hydrogen) atoms. The number of nitrogens with two attached hydrogens (primary N) is 1. The summed E-state index contributed by atoms with van der Waals surface area (Å²) >= 11 is 0. The Morgan fingerprint density at radius 2 is 2.20 bits per heavy atom. The van der Waals surface area contributed by atoms with E-state index in [4.69, 9.17) is 10.5 Å². The quantitative estimate of drug-likeness (QED) is 0.824. The van der Waals surface area contributed by atoms with E-state index in [2.05, 4.69) is 0 Å². The second kappa shape index (κ2) is 3.81. The number of rotatable bonds is 4. The van der Waals surface area contributed by atoms with Crippen molar-refractivity contribution < 1.29 is 9.13 Å². The summed E-state index contributed by atoms with van der Waals surface area (Å²) in [4.78, 5) is 0. The van der Waals surface area contributed by atoms with Crippen LogP contribution < -0.4 is 10.5 Å². The molecule has 1 aliphatic rings. The number of hydrogen-bond acceptors (Lipinski definition) is 2. The van der Waals surface area contributed by atoms with Crippen LogP contribution in [0.15, 0.2) is 18.2 Å². The number of benzene rings is 1. The van der Waals surface area contributed by atoms with Gasteiger partial charge in [0.1, 0.15) is 11.6 Å². The van der Waals surface area contributed by atoms with Crippen LogP contribution in [-0.2, 0) is 6.42 Å². The average Bonchev–Trinajstić information content (AvgIpc) is 3.02. The SMILES string of the molecule is COc1cccc(F)c1CC1(CN)CC1. The molecule has 2 N–H and O–H groups in total. The topological polar surface area (TPSA) is 35.2 Å². The standard InChI is InChI=1S/C12H16FNO/c1-15-11-4-2-3-10(13)9(11)7-12(8-14)5-6-12/h2-4H,5-8,14H2,1H3. The van der Waals surface area contributed by atoms with Gasteiger partial charge in [-0.1, -0.05) is 6.07 Å². The van der Waals surface area contributed by atoms with E-state index in [0.717, 1.165) is 12.8 Å². The lowest BCUT2D eigenvalue weighted by Gasteiger charge is -2.15. The van der Waals surface area contributed by atoms with Gasteiger partial charge in [0.2, 0.25) is 0 Å². The van der Waals surface area contributed by atoms with Crippen molar-refractivity contribution in [2.45, 2.75) is 19.3 Å². The zero-order chi connectivity index (χ0) is 10.9. The minimum absolute atomic E-state index is 0.134. The first kappa shape index (κ1) is 10.4. The average molecular weight is 209 g/mol. The van der Waals surface area contributed by atoms with Crippen molar-refractivity contribution in [1.82, 2.24) is 0 Å². The van der Waals surface area contributed by atoms with Crippen LogP contribution in [0.5, 0.6) is 5.75 Å². The van der Waals surface area contributed by atoms with Crippen molar-refractivity contribution in [3.63, 3.8) is 0 Å². The molecule has 1 aromatic carbocycles. The first-order valence-corrected chi connectivity index (χ1v) is 5.22. The van der Waals surface area contributed by atoms with Gasteiger partial charge in [-0.05, 0) is 43.4 Å². The second-order valence-corrected chi connectivity index (χ2v) is 4.30. The molecule has 1 fully saturated rings. The van der Waals surface area contributed by atoms with Crippen LogP contribution in [0.1, 0.15) is 18.4 Å². The number of methoxy groups -OCH3 is 1. The number of halogens is 1. The lowest BCUT2D eigenvalue weighted by Crippen LogP contribution is -2.19. The highest BCUT2D eigenvalue weighted by atomic mass is 19.1. The summed E-state index contributed by atoms with van der Waals surface area (Å²) in [5.74, 6) is 0.448. The van der Waals surface area contributed by atoms with Crippen molar-refractivity contribution in [2.75, 3.05) is 13.7 Å². The Bertz CT molecular complexity index is 361. The predicted molar refractivity (Wildman–Crippen MR) is 57.4 cm³/mol. The van der Waals surface area contributed by atoms with Gasteiger partial charge < -0.3 is 10.5 Å². The summed E-state index contributed by atoms with van der Waals surface area (Å²) in [6.07, 6.45) is 2.89. The van der Waals surface area contributed by atoms with Crippen LogP contribution in [0, 0.1) is 11.2 Å². The van der Waals surface area contributed by atoms with E-state index in [1.165, 1.54) is 6.07 Å². The van der Waals surface area contributed by atoms with Gasteiger partial charge in [0.05, 0.1) is 7.11 Å². The Kier molecular flexibility index (Phi) is 2.65. The van der Waals surface area contributed by atoms with Crippen LogP contribution in [0.4, 0.5) is 4.39 Å². The van der Waals surface area contributed by atoms with Crippen molar-refractivity contribution in [1.29, 1.82) is 0 Å². The molecule has 0 radical (unpaired) electrons. The molecular formula is C12H16FNO. The molecule has 2 rings (SSSR count). The molecule has 0 saturated heterocycles. The van der Waals surface area contributed by atoms with Crippen LogP contribution in [-0.4, -0.2) is 13.7 Å². The summed E-state index contributed by atoms with van der Waals surface area (Å²) in [5.41, 5.74) is 6.50. The molecule has 3 heteroatoms. The fraction of sp³-hybridized carbons (Fsp3) is 0.500. The van der Waals surface area contributed by atoms with E-state index < -0.39 is 0 Å². The van der Waals surface area contributed by atoms with E-state index in [1.54, 1.807) is 19.2 Å². The van der Waals surface area contributed by atoms with Crippen molar-refractivity contribution in [3.8, 4) is 5.75 Å². The third-order valence-corrected chi connectivity index (χ3v) is 3.24. The molecule has 82 valence electrons. The fourth-order valence-corrected chi connectivity index (χ4v) is 1.91. The van der Waals surface area contributed by atoms with Gasteiger partial charge in [-0.15, -0.1) is 0 Å². The predicted octanol–water partition coefficient (Wildman–Crippen LogP) is 2.12. The Labute approximate surface area is 89.2 Å². The van der Waals surface area contributed by atoms with Gasteiger partial charge >= 0.3 is 0 Å². The highest BCUT2D eigenvalue weighted by Gasteiger charge is 2.42. The highest BCUT2D eigenvalue weighted by molar-refractivity contribution is 5.36. The maximum absolute atomic E-state index is 13.6. The highest BCUT2D eigenvalue weighted by Crippen LogP contribution is 2.48. The van der Waals surface area contributed by atoms with Gasteiger partial charge in [0.25, 0.3) is 0 Å². The van der Waals surface area contributed by atoms with Crippen molar-refractivity contribution in [2.24, 2.45) is 11.1 Å². The molecule has 0 spiro atoms.